The minimum Gasteiger partial charge on any atom is -0.352 e. The molecule has 0 saturated carbocycles. The van der Waals surface area contributed by atoms with E-state index in [0.29, 0.717) is 10.7 Å². The number of anilines is 1. The number of carbonyl (C=O) groups excluding carboxylic acids is 2. The molecule has 0 unspecified atom stereocenters. The number of halogens is 1. The molecule has 0 radical (unpaired) electrons. The molecule has 0 aliphatic carbocycles. The molecule has 7 nitrogen and oxygen atoms in total. The van der Waals surface area contributed by atoms with E-state index in [9.17, 15) is 18.0 Å². The lowest BCUT2D eigenvalue weighted by molar-refractivity contribution is -0.140. The van der Waals surface area contributed by atoms with Gasteiger partial charge in [0.2, 0.25) is 11.8 Å². The second kappa shape index (κ2) is 15.4. The molecule has 0 saturated heterocycles. The van der Waals surface area contributed by atoms with E-state index >= 15 is 0 Å². The molecule has 0 bridgehead atoms. The zero-order chi connectivity index (χ0) is 33.4. The van der Waals surface area contributed by atoms with Crippen LogP contribution in [0, 0.1) is 6.92 Å². The van der Waals surface area contributed by atoms with Crippen LogP contribution in [0.15, 0.2) is 108 Å². The summed E-state index contributed by atoms with van der Waals surface area (Å²) in [5.74, 6) is -0.597. The van der Waals surface area contributed by atoms with Crippen molar-refractivity contribution in [3.8, 4) is 0 Å². The maximum Gasteiger partial charge on any atom is 0.264 e. The third-order valence-corrected chi connectivity index (χ3v) is 9.74. The van der Waals surface area contributed by atoms with Crippen molar-refractivity contribution in [1.29, 1.82) is 0 Å². The van der Waals surface area contributed by atoms with Crippen molar-refractivity contribution in [2.45, 2.75) is 70.5 Å². The van der Waals surface area contributed by atoms with Gasteiger partial charge in [-0.1, -0.05) is 97.7 Å². The Morgan fingerprint density at radius 3 is 1.96 bits per heavy atom. The molecule has 4 aromatic rings. The number of rotatable bonds is 13. The van der Waals surface area contributed by atoms with Crippen molar-refractivity contribution < 1.29 is 18.0 Å². The smallest absolute Gasteiger partial charge is 0.264 e. The lowest BCUT2D eigenvalue weighted by Crippen LogP contribution is -2.54. The van der Waals surface area contributed by atoms with Crippen LogP contribution in [0.1, 0.15) is 55.9 Å². The Kier molecular flexibility index (Phi) is 11.7. The molecule has 4 rings (SSSR count). The fraction of sp³-hybridized carbons (Fsp3) is 0.297. The minimum atomic E-state index is -4.17. The van der Waals surface area contributed by atoms with Crippen molar-refractivity contribution in [2.75, 3.05) is 10.8 Å². The largest absolute Gasteiger partial charge is 0.352 e. The first-order valence-electron chi connectivity index (χ1n) is 15.4. The van der Waals surface area contributed by atoms with Gasteiger partial charge in [0.1, 0.15) is 12.6 Å². The highest BCUT2D eigenvalue weighted by Crippen LogP contribution is 2.27. The molecule has 242 valence electrons. The van der Waals surface area contributed by atoms with Crippen molar-refractivity contribution in [1.82, 2.24) is 10.2 Å². The normalized spacial score (nSPS) is 12.2. The van der Waals surface area contributed by atoms with Crippen LogP contribution >= 0.6 is 11.6 Å². The first kappa shape index (κ1) is 34.7. The average Bonchev–Trinajstić information content (AvgIpc) is 3.02. The van der Waals surface area contributed by atoms with E-state index in [4.69, 9.17) is 11.6 Å². The number of nitrogens with zero attached hydrogens (tertiary/aromatic N) is 2. The second-order valence-corrected chi connectivity index (χ2v) is 14.4. The Hall–Kier alpha value is -4.14. The molecular weight excluding hydrogens is 618 g/mol. The van der Waals surface area contributed by atoms with Gasteiger partial charge >= 0.3 is 0 Å². The van der Waals surface area contributed by atoms with Gasteiger partial charge in [-0.25, -0.2) is 8.42 Å². The second-order valence-electron chi connectivity index (χ2n) is 12.1. The summed E-state index contributed by atoms with van der Waals surface area (Å²) in [7, 11) is -4.17. The van der Waals surface area contributed by atoms with Crippen LogP contribution in [-0.4, -0.2) is 43.8 Å². The fourth-order valence-electron chi connectivity index (χ4n) is 5.11. The number of amides is 2. The summed E-state index contributed by atoms with van der Waals surface area (Å²) in [6.07, 6.45) is 0.243. The van der Waals surface area contributed by atoms with E-state index < -0.39 is 28.5 Å². The van der Waals surface area contributed by atoms with Gasteiger partial charge in [0, 0.05) is 24.0 Å². The fourth-order valence-corrected chi connectivity index (χ4v) is 6.65. The van der Waals surface area contributed by atoms with Gasteiger partial charge in [-0.3, -0.25) is 13.9 Å². The highest BCUT2D eigenvalue weighted by molar-refractivity contribution is 7.92. The third kappa shape index (κ3) is 8.98. The highest BCUT2D eigenvalue weighted by Gasteiger charge is 2.35. The quantitative estimate of drug-likeness (QED) is 0.165. The van der Waals surface area contributed by atoms with Crippen LogP contribution in [0.4, 0.5) is 5.69 Å². The predicted octanol–water partition coefficient (Wildman–Crippen LogP) is 7.13. The number of sulfonamides is 1. The lowest BCUT2D eigenvalue weighted by Gasteiger charge is -2.34. The van der Waals surface area contributed by atoms with Gasteiger partial charge in [0.25, 0.3) is 10.0 Å². The Bertz CT molecular complexity index is 1710. The zero-order valence-corrected chi connectivity index (χ0v) is 28.6. The van der Waals surface area contributed by atoms with E-state index in [1.165, 1.54) is 4.90 Å². The van der Waals surface area contributed by atoms with E-state index in [0.717, 1.165) is 26.6 Å². The highest BCUT2D eigenvalue weighted by atomic mass is 35.5. The van der Waals surface area contributed by atoms with Gasteiger partial charge in [0.05, 0.1) is 10.6 Å². The molecule has 0 aromatic heterocycles. The number of hydrogen-bond acceptors (Lipinski definition) is 4. The maximum atomic E-state index is 14.5. The molecule has 0 aliphatic heterocycles. The Morgan fingerprint density at radius 1 is 0.783 bits per heavy atom. The van der Waals surface area contributed by atoms with E-state index in [-0.39, 0.29) is 35.7 Å². The first-order valence-corrected chi connectivity index (χ1v) is 17.2. The Morgan fingerprint density at radius 2 is 1.39 bits per heavy atom. The molecule has 46 heavy (non-hydrogen) atoms. The third-order valence-electron chi connectivity index (χ3n) is 7.70. The van der Waals surface area contributed by atoms with Crippen LogP contribution in [0.3, 0.4) is 0 Å². The summed E-state index contributed by atoms with van der Waals surface area (Å²) >= 11 is 6.16. The molecular formula is C37H42ClN3O4S. The maximum absolute atomic E-state index is 14.5. The summed E-state index contributed by atoms with van der Waals surface area (Å²) in [6.45, 7) is 9.28. The van der Waals surface area contributed by atoms with E-state index in [1.807, 2.05) is 63.2 Å². The van der Waals surface area contributed by atoms with Gasteiger partial charge in [0.15, 0.2) is 0 Å². The molecule has 1 N–H and O–H groups in total. The first-order chi connectivity index (χ1) is 21.8. The van der Waals surface area contributed by atoms with Crippen LogP contribution in [0.25, 0.3) is 0 Å². The molecule has 0 heterocycles. The molecule has 4 aromatic carbocycles. The molecule has 0 spiro atoms. The van der Waals surface area contributed by atoms with E-state index in [1.54, 1.807) is 60.7 Å². The van der Waals surface area contributed by atoms with Gasteiger partial charge in [-0.15, -0.1) is 0 Å². The number of carbonyl (C=O) groups is 2. The molecule has 2 amide bonds. The summed E-state index contributed by atoms with van der Waals surface area (Å²) in [5, 5.41) is 3.51. The van der Waals surface area contributed by atoms with Crippen molar-refractivity contribution in [3.05, 3.63) is 130 Å². The van der Waals surface area contributed by atoms with Crippen molar-refractivity contribution >= 4 is 39.1 Å². The van der Waals surface area contributed by atoms with E-state index in [2.05, 4.69) is 19.2 Å². The van der Waals surface area contributed by atoms with Crippen LogP contribution in [0.2, 0.25) is 5.02 Å². The molecule has 0 fully saturated rings. The van der Waals surface area contributed by atoms with Crippen LogP contribution in [0.5, 0.6) is 0 Å². The summed E-state index contributed by atoms with van der Waals surface area (Å²) in [5.41, 5.74) is 3.93. The monoisotopic (exact) mass is 659 g/mol. The zero-order valence-electron chi connectivity index (χ0n) is 27.0. The van der Waals surface area contributed by atoms with Crippen molar-refractivity contribution in [3.63, 3.8) is 0 Å². The number of benzene rings is 4. The number of nitrogens with one attached hydrogen (secondary N) is 1. The average molecular weight is 660 g/mol. The molecule has 9 heteroatoms. The minimum absolute atomic E-state index is 0.0708. The topological polar surface area (TPSA) is 86.8 Å². The van der Waals surface area contributed by atoms with Gasteiger partial charge < -0.3 is 10.2 Å². The Balaban J connectivity index is 1.81. The van der Waals surface area contributed by atoms with Gasteiger partial charge in [-0.05, 0) is 79.8 Å². The SMILES string of the molecule is Cc1ccc(S(=O)(=O)N(CC(=O)N(Cc2ccc(Cl)cc2)[C@H](Cc2ccccc2)C(=O)NC(C)C)c2ccc(C(C)C)cc2)cc1. The standard InChI is InChI=1S/C37H42ClN3O4S/c1-26(2)31-15-19-33(20-16-31)41(46(44,45)34-21-11-28(5)12-22-34)25-36(42)40(24-30-13-17-32(38)18-14-30)35(37(43)39-27(3)4)23-29-9-7-6-8-10-29/h6-22,26-27,35H,23-25H2,1-5H3,(H,39,43)/t35-/m1/s1. The number of aryl methyl sites for hydroxylation is 1. The summed E-state index contributed by atoms with van der Waals surface area (Å²) in [6, 6.07) is 29.2. The van der Waals surface area contributed by atoms with Crippen LogP contribution in [-0.2, 0) is 32.6 Å². The number of hydrogen-bond donors (Lipinski definition) is 1. The molecule has 1 atom stereocenters. The Labute approximate surface area is 278 Å². The van der Waals surface area contributed by atoms with Crippen molar-refractivity contribution in [2.24, 2.45) is 0 Å². The molecule has 0 aliphatic rings. The predicted molar refractivity (Wildman–Crippen MR) is 185 cm³/mol. The lowest BCUT2D eigenvalue weighted by atomic mass is 10.0. The van der Waals surface area contributed by atoms with Gasteiger partial charge in [-0.2, -0.15) is 0 Å². The summed E-state index contributed by atoms with van der Waals surface area (Å²) < 4.78 is 29.6. The van der Waals surface area contributed by atoms with Crippen LogP contribution < -0.4 is 9.62 Å². The summed E-state index contributed by atoms with van der Waals surface area (Å²) in [4.78, 5) is 29.9.